The molecule has 1 aromatic carbocycles. The van der Waals surface area contributed by atoms with Crippen molar-refractivity contribution in [2.75, 3.05) is 0 Å². The molecule has 0 aromatic heterocycles. The summed E-state index contributed by atoms with van der Waals surface area (Å²) >= 11 is 1.45. The fourth-order valence-corrected chi connectivity index (χ4v) is 1.49. The summed E-state index contributed by atoms with van der Waals surface area (Å²) < 4.78 is 38.4. The van der Waals surface area contributed by atoms with Crippen molar-refractivity contribution in [2.45, 2.75) is 13.8 Å². The van der Waals surface area contributed by atoms with Crippen LogP contribution in [-0.2, 0) is 0 Å². The maximum Gasteiger partial charge on any atom is 0.175 e. The SMILES string of the molecule is Cc1c(C)c(F)c(I)c(F)c1F. The van der Waals surface area contributed by atoms with Crippen molar-refractivity contribution >= 4 is 22.6 Å². The summed E-state index contributed by atoms with van der Waals surface area (Å²) in [6, 6.07) is 0. The first-order valence-electron chi connectivity index (χ1n) is 3.26. The van der Waals surface area contributed by atoms with Crippen LogP contribution in [0, 0.1) is 34.9 Å². The molecule has 1 rings (SSSR count). The Kier molecular flexibility index (Phi) is 2.65. The summed E-state index contributed by atoms with van der Waals surface area (Å²) in [6.07, 6.45) is 0. The molecule has 0 saturated heterocycles. The third kappa shape index (κ3) is 1.32. The summed E-state index contributed by atoms with van der Waals surface area (Å²) in [5.74, 6) is -2.73. The second-order valence-corrected chi connectivity index (χ2v) is 3.58. The molecule has 0 unspecified atom stereocenters. The molecule has 4 heteroatoms. The zero-order valence-electron chi connectivity index (χ0n) is 6.51. The maximum atomic E-state index is 13.0. The molecule has 0 spiro atoms. The fraction of sp³-hybridized carbons (Fsp3) is 0.250. The summed E-state index contributed by atoms with van der Waals surface area (Å²) in [4.78, 5) is 0. The number of halogens is 4. The predicted molar refractivity (Wildman–Crippen MR) is 48.5 cm³/mol. The molecule has 0 atom stereocenters. The van der Waals surface area contributed by atoms with Gasteiger partial charge in [0.05, 0.1) is 3.57 Å². The Morgan fingerprint density at radius 3 is 1.75 bits per heavy atom. The van der Waals surface area contributed by atoms with E-state index in [-0.39, 0.29) is 14.7 Å². The fourth-order valence-electron chi connectivity index (χ4n) is 0.851. The molecule has 0 aliphatic carbocycles. The first-order chi connectivity index (χ1) is 5.46. The number of hydrogen-bond donors (Lipinski definition) is 0. The summed E-state index contributed by atoms with van der Waals surface area (Å²) in [7, 11) is 0. The van der Waals surface area contributed by atoms with Gasteiger partial charge >= 0.3 is 0 Å². The molecule has 0 aliphatic rings. The standard InChI is InChI=1S/C8H6F3I/c1-3-4(2)6(10)8(12)7(11)5(3)9/h1-2H3. The van der Waals surface area contributed by atoms with Gasteiger partial charge in [0.25, 0.3) is 0 Å². The van der Waals surface area contributed by atoms with Crippen LogP contribution in [0.2, 0.25) is 0 Å². The summed E-state index contributed by atoms with van der Waals surface area (Å²) in [6.45, 7) is 2.78. The van der Waals surface area contributed by atoms with Gasteiger partial charge in [0.1, 0.15) is 5.82 Å². The quantitative estimate of drug-likeness (QED) is 0.390. The van der Waals surface area contributed by atoms with Gasteiger partial charge < -0.3 is 0 Å². The molecule has 0 N–H and O–H groups in total. The van der Waals surface area contributed by atoms with Crippen molar-refractivity contribution in [1.29, 1.82) is 0 Å². The van der Waals surface area contributed by atoms with Gasteiger partial charge in [-0.2, -0.15) is 0 Å². The molecule has 1 aromatic rings. The zero-order valence-corrected chi connectivity index (χ0v) is 8.67. The van der Waals surface area contributed by atoms with E-state index < -0.39 is 17.5 Å². The highest BCUT2D eigenvalue weighted by atomic mass is 127. The van der Waals surface area contributed by atoms with Crippen LogP contribution in [0.15, 0.2) is 0 Å². The van der Waals surface area contributed by atoms with Gasteiger partial charge in [0.2, 0.25) is 0 Å². The Hall–Kier alpha value is -0.260. The van der Waals surface area contributed by atoms with Crippen LogP contribution < -0.4 is 0 Å². The Balaban J connectivity index is 3.60. The van der Waals surface area contributed by atoms with Gasteiger partial charge in [-0.05, 0) is 47.6 Å². The topological polar surface area (TPSA) is 0 Å². The first kappa shape index (κ1) is 9.83. The van der Waals surface area contributed by atoms with Crippen LogP contribution in [0.5, 0.6) is 0 Å². The Morgan fingerprint density at radius 1 is 0.833 bits per heavy atom. The molecule has 66 valence electrons. The second kappa shape index (κ2) is 3.24. The largest absolute Gasteiger partial charge is 0.205 e. The molecule has 0 bridgehead atoms. The molecular formula is C8H6F3I. The lowest BCUT2D eigenvalue weighted by molar-refractivity contribution is 0.478. The number of benzene rings is 1. The maximum absolute atomic E-state index is 13.0. The van der Waals surface area contributed by atoms with Crippen LogP contribution in [0.1, 0.15) is 11.1 Å². The highest BCUT2D eigenvalue weighted by Gasteiger charge is 2.17. The van der Waals surface area contributed by atoms with Crippen molar-refractivity contribution in [3.05, 3.63) is 32.1 Å². The second-order valence-electron chi connectivity index (χ2n) is 2.51. The van der Waals surface area contributed by atoms with E-state index in [9.17, 15) is 13.2 Å². The van der Waals surface area contributed by atoms with E-state index in [1.165, 1.54) is 36.4 Å². The van der Waals surface area contributed by atoms with Crippen LogP contribution in [-0.4, -0.2) is 0 Å². The van der Waals surface area contributed by atoms with Crippen LogP contribution in [0.25, 0.3) is 0 Å². The number of rotatable bonds is 0. The smallest absolute Gasteiger partial charge is 0.175 e. The lowest BCUT2D eigenvalue weighted by Gasteiger charge is -2.06. The lowest BCUT2D eigenvalue weighted by Crippen LogP contribution is -2.01. The monoisotopic (exact) mass is 286 g/mol. The highest BCUT2D eigenvalue weighted by molar-refractivity contribution is 14.1. The first-order valence-corrected chi connectivity index (χ1v) is 4.33. The molecule has 0 amide bonds. The van der Waals surface area contributed by atoms with Gasteiger partial charge in [-0.1, -0.05) is 0 Å². The van der Waals surface area contributed by atoms with E-state index in [2.05, 4.69) is 0 Å². The molecule has 0 nitrogen and oxygen atoms in total. The third-order valence-electron chi connectivity index (χ3n) is 1.80. The zero-order chi connectivity index (χ0) is 9.46. The molecule has 0 radical (unpaired) electrons. The van der Waals surface area contributed by atoms with Crippen molar-refractivity contribution in [1.82, 2.24) is 0 Å². The Morgan fingerprint density at radius 2 is 1.25 bits per heavy atom. The average Bonchev–Trinajstić information content (AvgIpc) is 2.08. The van der Waals surface area contributed by atoms with E-state index in [0.29, 0.717) is 0 Å². The predicted octanol–water partition coefficient (Wildman–Crippen LogP) is 3.33. The van der Waals surface area contributed by atoms with Gasteiger partial charge in [0.15, 0.2) is 11.6 Å². The summed E-state index contributed by atoms with van der Waals surface area (Å²) in [5.41, 5.74) is 0.198. The average molecular weight is 286 g/mol. The molecular weight excluding hydrogens is 280 g/mol. The van der Waals surface area contributed by atoms with Gasteiger partial charge in [0, 0.05) is 0 Å². The van der Waals surface area contributed by atoms with Crippen LogP contribution >= 0.6 is 22.6 Å². The van der Waals surface area contributed by atoms with Crippen LogP contribution in [0.4, 0.5) is 13.2 Å². The highest BCUT2D eigenvalue weighted by Crippen LogP contribution is 2.24. The van der Waals surface area contributed by atoms with Crippen molar-refractivity contribution in [3.8, 4) is 0 Å². The Labute approximate surface area is 81.9 Å². The van der Waals surface area contributed by atoms with Crippen molar-refractivity contribution in [2.24, 2.45) is 0 Å². The molecule has 0 fully saturated rings. The van der Waals surface area contributed by atoms with E-state index in [4.69, 9.17) is 0 Å². The summed E-state index contributed by atoms with van der Waals surface area (Å²) in [5, 5.41) is 0. The molecule has 0 heterocycles. The minimum atomic E-state index is -1.10. The van der Waals surface area contributed by atoms with Crippen molar-refractivity contribution < 1.29 is 13.2 Å². The van der Waals surface area contributed by atoms with Crippen LogP contribution in [0.3, 0.4) is 0 Å². The molecule has 0 saturated carbocycles. The third-order valence-corrected chi connectivity index (χ3v) is 2.75. The van der Waals surface area contributed by atoms with E-state index in [1.807, 2.05) is 0 Å². The minimum absolute atomic E-state index is 0.0328. The van der Waals surface area contributed by atoms with E-state index >= 15 is 0 Å². The molecule has 0 aliphatic heterocycles. The Bertz CT molecular complexity index is 229. The van der Waals surface area contributed by atoms with E-state index in [1.54, 1.807) is 0 Å². The lowest BCUT2D eigenvalue weighted by atomic mass is 10.1. The van der Waals surface area contributed by atoms with Gasteiger partial charge in [-0.15, -0.1) is 0 Å². The van der Waals surface area contributed by atoms with E-state index in [0.717, 1.165) is 0 Å². The van der Waals surface area contributed by atoms with Crippen molar-refractivity contribution in [3.63, 3.8) is 0 Å². The molecule has 12 heavy (non-hydrogen) atoms. The normalized spacial score (nSPS) is 10.5. The minimum Gasteiger partial charge on any atom is -0.205 e. The van der Waals surface area contributed by atoms with Gasteiger partial charge in [-0.3, -0.25) is 0 Å². The number of hydrogen-bond acceptors (Lipinski definition) is 0. The van der Waals surface area contributed by atoms with Gasteiger partial charge in [-0.25, -0.2) is 13.2 Å².